The second-order valence-corrected chi connectivity index (χ2v) is 5.04. The van der Waals surface area contributed by atoms with Crippen molar-refractivity contribution >= 4 is 0 Å². The number of nitrogens with zero attached hydrogens (tertiary/aromatic N) is 3. The average Bonchev–Trinajstić information content (AvgIpc) is 3.01. The lowest BCUT2D eigenvalue weighted by atomic mass is 9.90. The molecule has 1 atom stereocenters. The molecule has 1 aliphatic heterocycles. The third-order valence-electron chi connectivity index (χ3n) is 3.46. The maximum Gasteiger partial charge on any atom is 0.233 e. The summed E-state index contributed by atoms with van der Waals surface area (Å²) in [6.45, 7) is 4.08. The summed E-state index contributed by atoms with van der Waals surface area (Å²) < 4.78 is 5.41. The monoisotopic (exact) mass is 244 g/mol. The summed E-state index contributed by atoms with van der Waals surface area (Å²) in [5.74, 6) is 1.49. The number of hydrogen-bond acceptors (Lipinski definition) is 5. The van der Waals surface area contributed by atoms with E-state index < -0.39 is 0 Å². The Morgan fingerprint density at radius 3 is 2.94 bits per heavy atom. The number of nitrogens with one attached hydrogen (secondary N) is 1. The molecule has 0 bridgehead atoms. The summed E-state index contributed by atoms with van der Waals surface area (Å²) >= 11 is 0. The summed E-state index contributed by atoms with van der Waals surface area (Å²) in [5.41, 5.74) is 1.13. The van der Waals surface area contributed by atoms with Crippen LogP contribution in [0.3, 0.4) is 0 Å². The van der Waals surface area contributed by atoms with Crippen molar-refractivity contribution in [1.29, 1.82) is 0 Å². The average molecular weight is 244 g/mol. The predicted octanol–water partition coefficient (Wildman–Crippen LogP) is 1.31. The summed E-state index contributed by atoms with van der Waals surface area (Å²) in [4.78, 5) is 8.51. The van der Waals surface area contributed by atoms with Crippen molar-refractivity contribution in [3.63, 3.8) is 0 Å². The van der Waals surface area contributed by atoms with Crippen LogP contribution in [0.1, 0.15) is 30.6 Å². The van der Waals surface area contributed by atoms with Crippen LogP contribution in [0, 0.1) is 0 Å². The molecule has 0 spiro atoms. The minimum atomic E-state index is -0.0104. The van der Waals surface area contributed by atoms with Gasteiger partial charge in [0.15, 0.2) is 5.82 Å². The summed E-state index contributed by atoms with van der Waals surface area (Å²) in [5, 5.41) is 7.40. The first-order valence-electron chi connectivity index (χ1n) is 6.19. The van der Waals surface area contributed by atoms with E-state index >= 15 is 0 Å². The highest BCUT2D eigenvalue weighted by Crippen LogP contribution is 2.28. The molecular formula is C13H16N4O. The molecule has 18 heavy (non-hydrogen) atoms. The van der Waals surface area contributed by atoms with Crippen molar-refractivity contribution in [3.8, 4) is 0 Å². The van der Waals surface area contributed by atoms with E-state index in [1.165, 1.54) is 0 Å². The van der Waals surface area contributed by atoms with Gasteiger partial charge in [-0.2, -0.15) is 4.98 Å². The third kappa shape index (κ3) is 2.13. The van der Waals surface area contributed by atoms with E-state index in [1.807, 2.05) is 12.1 Å². The molecule has 5 heteroatoms. The molecule has 2 aromatic heterocycles. The van der Waals surface area contributed by atoms with Gasteiger partial charge in [0, 0.05) is 25.4 Å². The summed E-state index contributed by atoms with van der Waals surface area (Å²) in [6, 6.07) is 3.93. The molecule has 0 saturated carbocycles. The quantitative estimate of drug-likeness (QED) is 0.881. The second kappa shape index (κ2) is 4.49. The molecule has 1 aliphatic rings. The molecule has 1 fully saturated rings. The van der Waals surface area contributed by atoms with Crippen LogP contribution in [0.2, 0.25) is 0 Å². The molecule has 0 aromatic carbocycles. The Morgan fingerprint density at radius 2 is 2.22 bits per heavy atom. The van der Waals surface area contributed by atoms with Gasteiger partial charge in [-0.15, -0.1) is 0 Å². The Bertz CT molecular complexity index is 517. The van der Waals surface area contributed by atoms with Gasteiger partial charge in [-0.05, 0) is 37.6 Å². The summed E-state index contributed by atoms with van der Waals surface area (Å²) in [6.07, 6.45) is 5.29. The van der Waals surface area contributed by atoms with Crippen LogP contribution >= 0.6 is 0 Å². The standard InChI is InChI=1S/C13H16N4O/c1-13(4-7-15-9-13)12-16-11(17-18-12)8-10-2-5-14-6-3-10/h2-3,5-6,15H,4,7-9H2,1H3. The predicted molar refractivity (Wildman–Crippen MR) is 66.2 cm³/mol. The van der Waals surface area contributed by atoms with Gasteiger partial charge in [0.25, 0.3) is 0 Å². The molecule has 5 nitrogen and oxygen atoms in total. The van der Waals surface area contributed by atoms with Crippen molar-refractivity contribution in [2.24, 2.45) is 0 Å². The lowest BCUT2D eigenvalue weighted by molar-refractivity contribution is 0.304. The first-order valence-corrected chi connectivity index (χ1v) is 6.19. The lowest BCUT2D eigenvalue weighted by Crippen LogP contribution is -2.25. The van der Waals surface area contributed by atoms with Crippen LogP contribution in [0.15, 0.2) is 29.0 Å². The van der Waals surface area contributed by atoms with E-state index in [0.717, 1.165) is 36.8 Å². The molecule has 94 valence electrons. The molecule has 1 N–H and O–H groups in total. The molecule has 0 aliphatic carbocycles. The fraction of sp³-hybridized carbons (Fsp3) is 0.462. The van der Waals surface area contributed by atoms with Crippen LogP contribution in [0.5, 0.6) is 0 Å². The molecule has 0 amide bonds. The zero-order valence-corrected chi connectivity index (χ0v) is 10.4. The smallest absolute Gasteiger partial charge is 0.233 e. The van der Waals surface area contributed by atoms with Crippen molar-refractivity contribution in [2.75, 3.05) is 13.1 Å². The Kier molecular flexibility index (Phi) is 2.83. The van der Waals surface area contributed by atoms with Crippen LogP contribution in [0.25, 0.3) is 0 Å². The highest BCUT2D eigenvalue weighted by molar-refractivity contribution is 5.16. The van der Waals surface area contributed by atoms with E-state index in [9.17, 15) is 0 Å². The van der Waals surface area contributed by atoms with E-state index in [1.54, 1.807) is 12.4 Å². The fourth-order valence-corrected chi connectivity index (χ4v) is 2.25. The lowest BCUT2D eigenvalue weighted by Gasteiger charge is -2.15. The Balaban J connectivity index is 1.78. The van der Waals surface area contributed by atoms with Gasteiger partial charge in [-0.1, -0.05) is 5.16 Å². The zero-order chi connectivity index (χ0) is 12.4. The van der Waals surface area contributed by atoms with Crippen LogP contribution < -0.4 is 5.32 Å². The molecule has 3 heterocycles. The van der Waals surface area contributed by atoms with Crippen LogP contribution in [0.4, 0.5) is 0 Å². The first kappa shape index (κ1) is 11.3. The van der Waals surface area contributed by atoms with E-state index in [-0.39, 0.29) is 5.41 Å². The maximum atomic E-state index is 5.41. The SMILES string of the molecule is CC1(c2nc(Cc3ccncc3)no2)CCNC1. The molecule has 1 unspecified atom stereocenters. The van der Waals surface area contributed by atoms with E-state index in [4.69, 9.17) is 4.52 Å². The van der Waals surface area contributed by atoms with Gasteiger partial charge < -0.3 is 9.84 Å². The Hall–Kier alpha value is -1.75. The van der Waals surface area contributed by atoms with Gasteiger partial charge in [0.05, 0.1) is 5.41 Å². The van der Waals surface area contributed by atoms with Crippen molar-refractivity contribution in [2.45, 2.75) is 25.2 Å². The number of aromatic nitrogens is 3. The third-order valence-corrected chi connectivity index (χ3v) is 3.46. The zero-order valence-electron chi connectivity index (χ0n) is 10.4. The molecule has 1 saturated heterocycles. The topological polar surface area (TPSA) is 63.8 Å². The van der Waals surface area contributed by atoms with Crippen LogP contribution in [-0.4, -0.2) is 28.2 Å². The molecule has 0 radical (unpaired) electrons. The van der Waals surface area contributed by atoms with E-state index in [0.29, 0.717) is 6.42 Å². The molecular weight excluding hydrogens is 228 g/mol. The second-order valence-electron chi connectivity index (χ2n) is 5.04. The molecule has 3 rings (SSSR count). The highest BCUT2D eigenvalue weighted by atomic mass is 16.5. The van der Waals surface area contributed by atoms with Crippen molar-refractivity contribution in [3.05, 3.63) is 41.8 Å². The highest BCUT2D eigenvalue weighted by Gasteiger charge is 2.36. The largest absolute Gasteiger partial charge is 0.339 e. The fourth-order valence-electron chi connectivity index (χ4n) is 2.25. The van der Waals surface area contributed by atoms with E-state index in [2.05, 4.69) is 27.4 Å². The van der Waals surface area contributed by atoms with Crippen molar-refractivity contribution < 1.29 is 4.52 Å². The maximum absolute atomic E-state index is 5.41. The minimum Gasteiger partial charge on any atom is -0.339 e. The number of pyridine rings is 1. The Morgan fingerprint density at radius 1 is 1.39 bits per heavy atom. The van der Waals surface area contributed by atoms with Gasteiger partial charge in [0.1, 0.15) is 0 Å². The number of rotatable bonds is 3. The van der Waals surface area contributed by atoms with Crippen LogP contribution in [-0.2, 0) is 11.8 Å². The van der Waals surface area contributed by atoms with Gasteiger partial charge >= 0.3 is 0 Å². The molecule has 2 aromatic rings. The van der Waals surface area contributed by atoms with Gasteiger partial charge in [-0.3, -0.25) is 4.98 Å². The first-order chi connectivity index (χ1) is 8.76. The number of hydrogen-bond donors (Lipinski definition) is 1. The normalized spacial score (nSPS) is 23.4. The minimum absolute atomic E-state index is 0.0104. The van der Waals surface area contributed by atoms with Gasteiger partial charge in [0.2, 0.25) is 5.89 Å². The van der Waals surface area contributed by atoms with Crippen molar-refractivity contribution in [1.82, 2.24) is 20.4 Å². The Labute approximate surface area is 106 Å². The summed E-state index contributed by atoms with van der Waals surface area (Å²) in [7, 11) is 0. The van der Waals surface area contributed by atoms with Gasteiger partial charge in [-0.25, -0.2) is 0 Å².